The first-order valence-corrected chi connectivity index (χ1v) is 5.34. The Labute approximate surface area is 103 Å². The van der Waals surface area contributed by atoms with Gasteiger partial charge in [-0.15, -0.1) is 0 Å². The number of anilines is 3. The summed E-state index contributed by atoms with van der Waals surface area (Å²) in [5, 5.41) is 4.05. The van der Waals surface area contributed by atoms with Gasteiger partial charge in [0.1, 0.15) is 0 Å². The monoisotopic (exact) mass is 253 g/mol. The van der Waals surface area contributed by atoms with Crippen LogP contribution in [0.5, 0.6) is 0 Å². The molecule has 1 aromatic heterocycles. The Hall–Kier alpha value is -1.45. The number of nitrogens with two attached hydrogens (primary N) is 1. The van der Waals surface area contributed by atoms with Crippen LogP contribution in [0.15, 0.2) is 36.7 Å². The van der Waals surface area contributed by atoms with Crippen molar-refractivity contribution in [3.8, 4) is 0 Å². The van der Waals surface area contributed by atoms with Crippen molar-refractivity contribution in [2.45, 2.75) is 0 Å². The number of hydrogen-bond donors (Lipinski definition) is 2. The summed E-state index contributed by atoms with van der Waals surface area (Å²) in [5.74, 6) is 0. The molecule has 0 amide bonds. The van der Waals surface area contributed by atoms with E-state index in [9.17, 15) is 0 Å². The quantitative estimate of drug-likeness (QED) is 0.803. The van der Waals surface area contributed by atoms with E-state index in [2.05, 4.69) is 10.3 Å². The average molecular weight is 254 g/mol. The minimum absolute atomic E-state index is 0.480. The third kappa shape index (κ3) is 2.38. The van der Waals surface area contributed by atoms with Gasteiger partial charge in [0.05, 0.1) is 27.6 Å². The van der Waals surface area contributed by atoms with E-state index in [0.717, 1.165) is 5.69 Å². The summed E-state index contributed by atoms with van der Waals surface area (Å²) in [6.07, 6.45) is 3.38. The van der Waals surface area contributed by atoms with Crippen LogP contribution in [0.1, 0.15) is 0 Å². The Morgan fingerprint density at radius 1 is 1.19 bits per heavy atom. The van der Waals surface area contributed by atoms with Gasteiger partial charge in [0, 0.05) is 11.9 Å². The number of pyridine rings is 1. The zero-order valence-corrected chi connectivity index (χ0v) is 9.76. The molecule has 0 atom stereocenters. The van der Waals surface area contributed by atoms with E-state index >= 15 is 0 Å². The molecular formula is C11H9Cl2N3. The molecular weight excluding hydrogens is 245 g/mol. The highest BCUT2D eigenvalue weighted by Crippen LogP contribution is 2.34. The molecule has 3 nitrogen and oxygen atoms in total. The van der Waals surface area contributed by atoms with Gasteiger partial charge in [0.25, 0.3) is 0 Å². The summed E-state index contributed by atoms with van der Waals surface area (Å²) in [4.78, 5) is 3.98. The molecule has 0 aliphatic heterocycles. The lowest BCUT2D eigenvalue weighted by atomic mass is 10.2. The number of nitrogens with one attached hydrogen (secondary N) is 1. The lowest BCUT2D eigenvalue weighted by Gasteiger charge is -2.10. The zero-order valence-electron chi connectivity index (χ0n) is 8.24. The van der Waals surface area contributed by atoms with E-state index in [0.29, 0.717) is 21.4 Å². The molecule has 16 heavy (non-hydrogen) atoms. The Morgan fingerprint density at radius 3 is 2.44 bits per heavy atom. The molecule has 82 valence electrons. The average Bonchev–Trinajstić information content (AvgIpc) is 2.25. The molecule has 1 aromatic carbocycles. The van der Waals surface area contributed by atoms with Crippen molar-refractivity contribution in [1.29, 1.82) is 0 Å². The summed E-state index contributed by atoms with van der Waals surface area (Å²) in [7, 11) is 0. The largest absolute Gasteiger partial charge is 0.399 e. The fourth-order valence-electron chi connectivity index (χ4n) is 1.29. The number of nitrogens with zero attached hydrogens (tertiary/aromatic N) is 1. The summed E-state index contributed by atoms with van der Waals surface area (Å²) >= 11 is 12.1. The molecule has 0 saturated heterocycles. The van der Waals surface area contributed by atoms with Crippen LogP contribution in [-0.4, -0.2) is 4.98 Å². The number of nitrogen functional groups attached to an aromatic ring is 1. The van der Waals surface area contributed by atoms with Crippen LogP contribution in [0.2, 0.25) is 10.0 Å². The van der Waals surface area contributed by atoms with E-state index in [4.69, 9.17) is 28.9 Å². The van der Waals surface area contributed by atoms with E-state index in [1.807, 2.05) is 12.1 Å². The van der Waals surface area contributed by atoms with Gasteiger partial charge in [0.15, 0.2) is 0 Å². The third-order valence-electron chi connectivity index (χ3n) is 2.00. The van der Waals surface area contributed by atoms with Crippen molar-refractivity contribution >= 4 is 40.3 Å². The molecule has 0 spiro atoms. The van der Waals surface area contributed by atoms with Crippen LogP contribution >= 0.6 is 23.2 Å². The first kappa shape index (κ1) is 11.0. The van der Waals surface area contributed by atoms with Gasteiger partial charge in [-0.2, -0.15) is 0 Å². The normalized spacial score (nSPS) is 10.1. The maximum absolute atomic E-state index is 6.04. The Morgan fingerprint density at radius 2 is 1.88 bits per heavy atom. The first-order chi connectivity index (χ1) is 7.66. The fraction of sp³-hybridized carbons (Fsp3) is 0. The minimum Gasteiger partial charge on any atom is -0.399 e. The highest BCUT2D eigenvalue weighted by molar-refractivity contribution is 6.39. The van der Waals surface area contributed by atoms with Crippen molar-refractivity contribution < 1.29 is 0 Å². The molecule has 3 N–H and O–H groups in total. The number of benzene rings is 1. The molecule has 5 heteroatoms. The highest BCUT2D eigenvalue weighted by atomic mass is 35.5. The molecule has 0 fully saturated rings. The van der Waals surface area contributed by atoms with Crippen LogP contribution in [0.3, 0.4) is 0 Å². The topological polar surface area (TPSA) is 50.9 Å². The van der Waals surface area contributed by atoms with Gasteiger partial charge >= 0.3 is 0 Å². The second-order valence-corrected chi connectivity index (χ2v) is 4.04. The molecule has 0 aliphatic carbocycles. The van der Waals surface area contributed by atoms with Gasteiger partial charge in [-0.25, -0.2) is 0 Å². The van der Waals surface area contributed by atoms with Gasteiger partial charge in [-0.05, 0) is 24.3 Å². The molecule has 1 heterocycles. The molecule has 0 bridgehead atoms. The Bertz CT molecular complexity index is 477. The standard InChI is InChI=1S/C11H9Cl2N3/c12-9-4-7(14)5-10(13)11(9)16-8-2-1-3-15-6-8/h1-6,16H,14H2. The summed E-state index contributed by atoms with van der Waals surface area (Å²) in [6.45, 7) is 0. The van der Waals surface area contributed by atoms with Crippen LogP contribution < -0.4 is 11.1 Å². The van der Waals surface area contributed by atoms with Crippen LogP contribution in [0.25, 0.3) is 0 Å². The molecule has 0 unspecified atom stereocenters. The smallest absolute Gasteiger partial charge is 0.0764 e. The van der Waals surface area contributed by atoms with Gasteiger partial charge in [-0.3, -0.25) is 4.98 Å². The Balaban J connectivity index is 2.35. The fourth-order valence-corrected chi connectivity index (χ4v) is 1.89. The van der Waals surface area contributed by atoms with Crippen molar-refractivity contribution in [3.63, 3.8) is 0 Å². The van der Waals surface area contributed by atoms with Crippen LogP contribution in [0, 0.1) is 0 Å². The van der Waals surface area contributed by atoms with Crippen molar-refractivity contribution in [2.24, 2.45) is 0 Å². The lowest BCUT2D eigenvalue weighted by Crippen LogP contribution is -1.94. The number of rotatable bonds is 2. The van der Waals surface area contributed by atoms with Crippen molar-refractivity contribution in [2.75, 3.05) is 11.1 Å². The first-order valence-electron chi connectivity index (χ1n) is 4.58. The highest BCUT2D eigenvalue weighted by Gasteiger charge is 2.07. The number of aromatic nitrogens is 1. The van der Waals surface area contributed by atoms with Gasteiger partial charge in [0.2, 0.25) is 0 Å². The Kier molecular flexibility index (Phi) is 3.17. The molecule has 0 saturated carbocycles. The molecule has 0 radical (unpaired) electrons. The maximum Gasteiger partial charge on any atom is 0.0764 e. The lowest BCUT2D eigenvalue weighted by molar-refractivity contribution is 1.32. The second kappa shape index (κ2) is 4.60. The van der Waals surface area contributed by atoms with Gasteiger partial charge < -0.3 is 11.1 Å². The van der Waals surface area contributed by atoms with Crippen LogP contribution in [0.4, 0.5) is 17.1 Å². The molecule has 2 aromatic rings. The molecule has 0 aliphatic rings. The summed E-state index contributed by atoms with van der Waals surface area (Å²) in [5.41, 5.74) is 7.59. The van der Waals surface area contributed by atoms with E-state index < -0.39 is 0 Å². The van der Waals surface area contributed by atoms with Gasteiger partial charge in [-0.1, -0.05) is 23.2 Å². The zero-order chi connectivity index (χ0) is 11.5. The second-order valence-electron chi connectivity index (χ2n) is 3.23. The number of halogens is 2. The number of hydrogen-bond acceptors (Lipinski definition) is 3. The van der Waals surface area contributed by atoms with E-state index in [1.54, 1.807) is 24.5 Å². The SMILES string of the molecule is Nc1cc(Cl)c(Nc2cccnc2)c(Cl)c1. The third-order valence-corrected chi connectivity index (χ3v) is 2.59. The summed E-state index contributed by atoms with van der Waals surface area (Å²) in [6, 6.07) is 6.98. The van der Waals surface area contributed by atoms with Crippen molar-refractivity contribution in [3.05, 3.63) is 46.7 Å². The van der Waals surface area contributed by atoms with Crippen LogP contribution in [-0.2, 0) is 0 Å². The van der Waals surface area contributed by atoms with E-state index in [1.165, 1.54) is 0 Å². The molecule has 2 rings (SSSR count). The van der Waals surface area contributed by atoms with E-state index in [-0.39, 0.29) is 0 Å². The minimum atomic E-state index is 0.480. The predicted octanol–water partition coefficient (Wildman–Crippen LogP) is 3.71. The summed E-state index contributed by atoms with van der Waals surface area (Å²) < 4.78 is 0. The predicted molar refractivity (Wildman–Crippen MR) is 68.4 cm³/mol. The maximum atomic E-state index is 6.04. The van der Waals surface area contributed by atoms with Crippen molar-refractivity contribution in [1.82, 2.24) is 4.98 Å².